The van der Waals surface area contributed by atoms with Gasteiger partial charge < -0.3 is 14.8 Å². The number of amides is 1. The maximum atomic E-state index is 11.7. The van der Waals surface area contributed by atoms with Crippen molar-refractivity contribution >= 4 is 23.9 Å². The van der Waals surface area contributed by atoms with Crippen LogP contribution in [0.3, 0.4) is 0 Å². The summed E-state index contributed by atoms with van der Waals surface area (Å²) in [6.45, 7) is 0.258. The van der Waals surface area contributed by atoms with Gasteiger partial charge in [0.25, 0.3) is 5.91 Å². The summed E-state index contributed by atoms with van der Waals surface area (Å²) in [6.07, 6.45) is 10.6. The van der Waals surface area contributed by atoms with Crippen LogP contribution in [0.2, 0.25) is 0 Å². The molecule has 0 atom stereocenters. The van der Waals surface area contributed by atoms with Crippen LogP contribution in [0.15, 0.2) is 42.0 Å². The number of allylic oxidation sites excluding steroid dienone is 1. The van der Waals surface area contributed by atoms with E-state index in [1.54, 1.807) is 30.3 Å². The number of ether oxygens (including phenoxy) is 2. The molecule has 144 valence electrons. The first kappa shape index (κ1) is 20.4. The van der Waals surface area contributed by atoms with Gasteiger partial charge in [0.1, 0.15) is 0 Å². The molecule has 27 heavy (non-hydrogen) atoms. The molecule has 6 heteroatoms. The van der Waals surface area contributed by atoms with E-state index in [2.05, 4.69) is 16.1 Å². The molecule has 2 rings (SSSR count). The maximum Gasteiger partial charge on any atom is 0.337 e. The van der Waals surface area contributed by atoms with Gasteiger partial charge in [0, 0.05) is 12.6 Å². The Balaban J connectivity index is 1.67. The molecule has 6 nitrogen and oxygen atoms in total. The highest BCUT2D eigenvalue weighted by atomic mass is 16.5. The van der Waals surface area contributed by atoms with Gasteiger partial charge in [-0.2, -0.15) is 0 Å². The van der Waals surface area contributed by atoms with Gasteiger partial charge in [-0.15, -0.1) is 0 Å². The summed E-state index contributed by atoms with van der Waals surface area (Å²) in [5.41, 5.74) is 2.54. The zero-order chi connectivity index (χ0) is 19.5. The first-order valence-corrected chi connectivity index (χ1v) is 9.06. The van der Waals surface area contributed by atoms with E-state index in [9.17, 15) is 14.4 Å². The highest BCUT2D eigenvalue weighted by molar-refractivity contribution is 5.91. The quantitative estimate of drug-likeness (QED) is 0.431. The van der Waals surface area contributed by atoms with Gasteiger partial charge in [0.15, 0.2) is 6.61 Å². The lowest BCUT2D eigenvalue weighted by Crippen LogP contribution is -2.29. The number of hydrogen-bond acceptors (Lipinski definition) is 5. The molecule has 1 aromatic rings. The molecule has 0 saturated carbocycles. The van der Waals surface area contributed by atoms with Crippen LogP contribution in [0.1, 0.15) is 48.0 Å². The van der Waals surface area contributed by atoms with Crippen molar-refractivity contribution in [2.45, 2.75) is 32.1 Å². The maximum absolute atomic E-state index is 11.7. The average Bonchev–Trinajstić information content (AvgIpc) is 2.71. The molecular formula is C21H25NO5. The Labute approximate surface area is 159 Å². The number of hydrogen-bond donors (Lipinski definition) is 1. The lowest BCUT2D eigenvalue weighted by molar-refractivity contribution is -0.143. The SMILES string of the molecule is COC(=O)c1ccc(/C=C/C(=O)OCC(=O)NCCC2=CCCCC2)cc1. The van der Waals surface area contributed by atoms with Crippen LogP contribution < -0.4 is 5.32 Å². The average molecular weight is 371 g/mol. The molecule has 1 aliphatic carbocycles. The fourth-order valence-corrected chi connectivity index (χ4v) is 2.74. The molecule has 0 radical (unpaired) electrons. The van der Waals surface area contributed by atoms with Crippen molar-refractivity contribution in [1.29, 1.82) is 0 Å². The monoisotopic (exact) mass is 371 g/mol. The highest BCUT2D eigenvalue weighted by Gasteiger charge is 2.07. The summed E-state index contributed by atoms with van der Waals surface area (Å²) >= 11 is 0. The Bertz CT molecular complexity index is 719. The second-order valence-electron chi connectivity index (χ2n) is 6.26. The van der Waals surface area contributed by atoms with Crippen LogP contribution >= 0.6 is 0 Å². The van der Waals surface area contributed by atoms with Gasteiger partial charge in [-0.05, 0) is 55.9 Å². The molecule has 0 bridgehead atoms. The Morgan fingerprint density at radius 2 is 1.93 bits per heavy atom. The number of esters is 2. The highest BCUT2D eigenvalue weighted by Crippen LogP contribution is 2.19. The predicted molar refractivity (Wildman–Crippen MR) is 102 cm³/mol. The lowest BCUT2D eigenvalue weighted by Gasteiger charge is -2.12. The van der Waals surface area contributed by atoms with Gasteiger partial charge in [-0.3, -0.25) is 4.79 Å². The van der Waals surface area contributed by atoms with Gasteiger partial charge in [0.05, 0.1) is 12.7 Å². The van der Waals surface area contributed by atoms with E-state index >= 15 is 0 Å². The second kappa shape index (κ2) is 11.0. The van der Waals surface area contributed by atoms with Gasteiger partial charge >= 0.3 is 11.9 Å². The molecule has 0 spiro atoms. The fourth-order valence-electron chi connectivity index (χ4n) is 2.74. The standard InChI is InChI=1S/C21H25NO5/c1-26-21(25)18-10-7-17(8-11-18)9-12-20(24)27-15-19(23)22-14-13-16-5-3-2-4-6-16/h5,7-12H,2-4,6,13-15H2,1H3,(H,22,23)/b12-9+. The third-order valence-corrected chi connectivity index (χ3v) is 4.24. The molecule has 0 aliphatic heterocycles. The van der Waals surface area contributed by atoms with E-state index < -0.39 is 11.9 Å². The van der Waals surface area contributed by atoms with E-state index in [1.807, 2.05) is 0 Å². The molecule has 1 amide bonds. The Kier molecular flexibility index (Phi) is 8.29. The van der Waals surface area contributed by atoms with E-state index in [0.717, 1.165) is 24.8 Å². The minimum Gasteiger partial charge on any atom is -0.465 e. The minimum atomic E-state index is -0.600. The van der Waals surface area contributed by atoms with Crippen LogP contribution in [0.4, 0.5) is 0 Å². The minimum absolute atomic E-state index is 0.302. The summed E-state index contributed by atoms with van der Waals surface area (Å²) in [5.74, 6) is -1.33. The van der Waals surface area contributed by atoms with E-state index in [0.29, 0.717) is 12.1 Å². The largest absolute Gasteiger partial charge is 0.465 e. The van der Waals surface area contributed by atoms with Gasteiger partial charge in [-0.25, -0.2) is 9.59 Å². The Morgan fingerprint density at radius 1 is 1.15 bits per heavy atom. The molecule has 0 heterocycles. The van der Waals surface area contributed by atoms with Crippen molar-refractivity contribution in [2.24, 2.45) is 0 Å². The molecule has 0 fully saturated rings. The summed E-state index contributed by atoms with van der Waals surface area (Å²) in [5, 5.41) is 2.76. The summed E-state index contributed by atoms with van der Waals surface area (Å²) in [6, 6.07) is 6.57. The number of carbonyl (C=O) groups excluding carboxylic acids is 3. The Hall–Kier alpha value is -2.89. The van der Waals surface area contributed by atoms with E-state index in [4.69, 9.17) is 4.74 Å². The van der Waals surface area contributed by atoms with Crippen molar-refractivity contribution in [2.75, 3.05) is 20.3 Å². The molecule has 0 aromatic heterocycles. The predicted octanol–water partition coefficient (Wildman–Crippen LogP) is 3.04. The lowest BCUT2D eigenvalue weighted by atomic mass is 9.97. The van der Waals surface area contributed by atoms with Gasteiger partial charge in [-0.1, -0.05) is 23.8 Å². The number of carbonyl (C=O) groups is 3. The first-order valence-electron chi connectivity index (χ1n) is 9.06. The smallest absolute Gasteiger partial charge is 0.337 e. The zero-order valence-electron chi connectivity index (χ0n) is 15.5. The molecule has 1 aliphatic rings. The molecule has 1 N–H and O–H groups in total. The normalized spacial score (nSPS) is 13.7. The third kappa shape index (κ3) is 7.48. The van der Waals surface area contributed by atoms with Crippen LogP contribution in [-0.2, 0) is 19.1 Å². The molecule has 0 saturated heterocycles. The van der Waals surface area contributed by atoms with Crippen LogP contribution in [-0.4, -0.2) is 38.1 Å². The van der Waals surface area contributed by atoms with Crippen molar-refractivity contribution in [1.82, 2.24) is 5.32 Å². The summed E-state index contributed by atoms with van der Waals surface area (Å²) < 4.78 is 9.54. The topological polar surface area (TPSA) is 81.7 Å². The van der Waals surface area contributed by atoms with Crippen molar-refractivity contribution < 1.29 is 23.9 Å². The van der Waals surface area contributed by atoms with E-state index in [-0.39, 0.29) is 12.5 Å². The third-order valence-electron chi connectivity index (χ3n) is 4.24. The molecule has 0 unspecified atom stereocenters. The van der Waals surface area contributed by atoms with Crippen molar-refractivity contribution in [3.63, 3.8) is 0 Å². The summed E-state index contributed by atoms with van der Waals surface area (Å²) in [4.78, 5) is 34.8. The van der Waals surface area contributed by atoms with Crippen LogP contribution in [0.25, 0.3) is 6.08 Å². The van der Waals surface area contributed by atoms with Crippen molar-refractivity contribution in [3.05, 3.63) is 53.1 Å². The van der Waals surface area contributed by atoms with Crippen molar-refractivity contribution in [3.8, 4) is 0 Å². The number of benzene rings is 1. The van der Waals surface area contributed by atoms with E-state index in [1.165, 1.54) is 31.6 Å². The number of methoxy groups -OCH3 is 1. The van der Waals surface area contributed by atoms with Gasteiger partial charge in [0.2, 0.25) is 0 Å². The summed E-state index contributed by atoms with van der Waals surface area (Å²) in [7, 11) is 1.32. The molecular weight excluding hydrogens is 346 g/mol. The molecule has 1 aromatic carbocycles. The first-order chi connectivity index (χ1) is 13.1. The van der Waals surface area contributed by atoms with Crippen LogP contribution in [0, 0.1) is 0 Å². The number of nitrogens with one attached hydrogen (secondary N) is 1. The Morgan fingerprint density at radius 3 is 2.59 bits per heavy atom. The number of rotatable bonds is 8. The van der Waals surface area contributed by atoms with Crippen LogP contribution in [0.5, 0.6) is 0 Å². The fraction of sp³-hybridized carbons (Fsp3) is 0.381. The zero-order valence-corrected chi connectivity index (χ0v) is 15.5. The second-order valence-corrected chi connectivity index (χ2v) is 6.26.